The molecule has 1 unspecified atom stereocenters. The average Bonchev–Trinajstić information content (AvgIpc) is 3.65. The molecule has 0 aliphatic heterocycles. The molecule has 53 heavy (non-hydrogen) atoms. The number of thiazole rings is 1. The van der Waals surface area contributed by atoms with Crippen molar-refractivity contribution in [2.75, 3.05) is 24.9 Å². The predicted octanol–water partition coefficient (Wildman–Crippen LogP) is 8.85. The van der Waals surface area contributed by atoms with E-state index >= 15 is 0 Å². The van der Waals surface area contributed by atoms with Crippen molar-refractivity contribution in [1.29, 1.82) is 0 Å². The number of hydrogen-bond donors (Lipinski definition) is 3. The lowest BCUT2D eigenvalue weighted by atomic mass is 10.1. The summed E-state index contributed by atoms with van der Waals surface area (Å²) in [6, 6.07) is 36.1. The maximum Gasteiger partial charge on any atom is 0.272 e. The first-order valence-electron chi connectivity index (χ1n) is 16.2. The minimum atomic E-state index is -0.675. The lowest BCUT2D eigenvalue weighted by Crippen LogP contribution is -2.30. The zero-order chi connectivity index (χ0) is 37.2. The van der Waals surface area contributed by atoms with Gasteiger partial charge in [-0.2, -0.15) is 0 Å². The average molecular weight is 745 g/mol. The number of methoxy groups -OCH3 is 2. The summed E-state index contributed by atoms with van der Waals surface area (Å²) in [7, 11) is 3.04. The van der Waals surface area contributed by atoms with E-state index in [0.717, 1.165) is 11.1 Å². The van der Waals surface area contributed by atoms with Gasteiger partial charge in [0, 0.05) is 27.1 Å². The molecule has 3 amide bonds. The standard InChI is InChI=1S/C41H33FN4O5S2/c1-50-35-21-16-26(23-36(35)51-2)22-33(44-38(47)29-12-7-4-8-13-29)39(48)43-31-14-9-15-32(24-31)53-37(28-10-5-3-6-11-28)40(49)46-41-45-34(25-52-41)27-17-19-30(42)20-18-27/h3-25,37H,1-2H3,(H,43,48)(H,44,47)(H,45,46,49)/b33-22+. The predicted molar refractivity (Wildman–Crippen MR) is 208 cm³/mol. The van der Waals surface area contributed by atoms with E-state index < -0.39 is 17.1 Å². The van der Waals surface area contributed by atoms with Crippen molar-refractivity contribution in [3.63, 3.8) is 0 Å². The first-order valence-corrected chi connectivity index (χ1v) is 18.0. The molecule has 5 aromatic carbocycles. The lowest BCUT2D eigenvalue weighted by molar-refractivity contribution is -0.116. The molecule has 0 saturated carbocycles. The molecule has 0 radical (unpaired) electrons. The number of ether oxygens (including phenoxy) is 2. The van der Waals surface area contributed by atoms with Crippen molar-refractivity contribution in [2.24, 2.45) is 0 Å². The van der Waals surface area contributed by atoms with Gasteiger partial charge in [0.05, 0.1) is 19.9 Å². The van der Waals surface area contributed by atoms with Crippen LogP contribution in [0.5, 0.6) is 11.5 Å². The largest absolute Gasteiger partial charge is 0.493 e. The number of carbonyl (C=O) groups excluding carboxylic acids is 3. The van der Waals surface area contributed by atoms with Crippen LogP contribution >= 0.6 is 23.1 Å². The smallest absolute Gasteiger partial charge is 0.272 e. The molecule has 6 rings (SSSR count). The van der Waals surface area contributed by atoms with Crippen molar-refractivity contribution in [2.45, 2.75) is 10.1 Å². The number of nitrogens with zero attached hydrogens (tertiary/aromatic N) is 1. The van der Waals surface area contributed by atoms with Crippen molar-refractivity contribution in [3.8, 4) is 22.8 Å². The van der Waals surface area contributed by atoms with E-state index in [2.05, 4.69) is 20.9 Å². The fraction of sp³-hybridized carbons (Fsp3) is 0.0732. The number of rotatable bonds is 13. The highest BCUT2D eigenvalue weighted by Crippen LogP contribution is 2.38. The number of nitrogens with one attached hydrogen (secondary N) is 3. The van der Waals surface area contributed by atoms with Crippen LogP contribution in [0.4, 0.5) is 15.2 Å². The molecular formula is C41H33FN4O5S2. The van der Waals surface area contributed by atoms with Crippen LogP contribution in [0, 0.1) is 5.82 Å². The van der Waals surface area contributed by atoms with Gasteiger partial charge < -0.3 is 25.4 Å². The summed E-state index contributed by atoms with van der Waals surface area (Å²) in [5.41, 5.74) is 3.54. The van der Waals surface area contributed by atoms with Gasteiger partial charge >= 0.3 is 0 Å². The van der Waals surface area contributed by atoms with Gasteiger partial charge in [0.1, 0.15) is 16.8 Å². The molecular weight excluding hydrogens is 712 g/mol. The Kier molecular flexibility index (Phi) is 11.9. The maximum atomic E-state index is 13.8. The van der Waals surface area contributed by atoms with Gasteiger partial charge in [-0.05, 0) is 83.9 Å². The van der Waals surface area contributed by atoms with E-state index in [4.69, 9.17) is 9.47 Å². The Morgan fingerprint density at radius 2 is 1.51 bits per heavy atom. The van der Waals surface area contributed by atoms with Crippen molar-refractivity contribution in [1.82, 2.24) is 10.3 Å². The lowest BCUT2D eigenvalue weighted by Gasteiger charge is -2.17. The van der Waals surface area contributed by atoms with Crippen LogP contribution in [0.25, 0.3) is 17.3 Å². The number of aromatic nitrogens is 1. The third kappa shape index (κ3) is 9.56. The first kappa shape index (κ1) is 36.5. The number of halogens is 1. The number of anilines is 2. The van der Waals surface area contributed by atoms with Gasteiger partial charge in [0.25, 0.3) is 11.8 Å². The van der Waals surface area contributed by atoms with Gasteiger partial charge in [-0.15, -0.1) is 23.1 Å². The molecule has 0 spiro atoms. The van der Waals surface area contributed by atoms with Crippen molar-refractivity contribution >= 4 is 57.7 Å². The first-order chi connectivity index (χ1) is 25.8. The van der Waals surface area contributed by atoms with Crippen LogP contribution in [-0.2, 0) is 9.59 Å². The molecule has 1 aromatic heterocycles. The van der Waals surface area contributed by atoms with Crippen LogP contribution in [0.1, 0.15) is 26.7 Å². The molecule has 1 atom stereocenters. The molecule has 0 saturated heterocycles. The zero-order valence-electron chi connectivity index (χ0n) is 28.5. The highest BCUT2D eigenvalue weighted by molar-refractivity contribution is 8.00. The maximum absolute atomic E-state index is 13.8. The van der Waals surface area contributed by atoms with E-state index in [1.165, 1.54) is 49.5 Å². The van der Waals surface area contributed by atoms with Crippen LogP contribution in [0.3, 0.4) is 0 Å². The summed E-state index contributed by atoms with van der Waals surface area (Å²) in [5, 5.41) is 10.1. The highest BCUT2D eigenvalue weighted by Gasteiger charge is 2.24. The van der Waals surface area contributed by atoms with E-state index in [9.17, 15) is 18.8 Å². The third-order valence-corrected chi connectivity index (χ3v) is 9.81. The third-order valence-electron chi connectivity index (χ3n) is 7.81. The van der Waals surface area contributed by atoms with Crippen LogP contribution in [0.15, 0.2) is 143 Å². The quantitative estimate of drug-likeness (QED) is 0.0799. The monoisotopic (exact) mass is 744 g/mol. The van der Waals surface area contributed by atoms with Gasteiger partial charge in [0.2, 0.25) is 5.91 Å². The Morgan fingerprint density at radius 1 is 0.792 bits per heavy atom. The Bertz CT molecular complexity index is 2250. The number of hydrogen-bond acceptors (Lipinski definition) is 8. The summed E-state index contributed by atoms with van der Waals surface area (Å²) in [6.45, 7) is 0. The molecule has 0 bridgehead atoms. The SMILES string of the molecule is COc1ccc(/C=C(/NC(=O)c2ccccc2)C(=O)Nc2cccc(SC(C(=O)Nc3nc(-c4ccc(F)cc4)cs3)c3ccccc3)c2)cc1OC. The topological polar surface area (TPSA) is 119 Å². The van der Waals surface area contributed by atoms with Crippen molar-refractivity contribution in [3.05, 3.63) is 161 Å². The van der Waals surface area contributed by atoms with Gasteiger partial charge in [-0.3, -0.25) is 14.4 Å². The summed E-state index contributed by atoms with van der Waals surface area (Å²) in [6.07, 6.45) is 1.55. The fourth-order valence-electron chi connectivity index (χ4n) is 5.19. The molecule has 6 aromatic rings. The van der Waals surface area contributed by atoms with Crippen LogP contribution in [0.2, 0.25) is 0 Å². The Hall–Kier alpha value is -6.24. The van der Waals surface area contributed by atoms with Crippen LogP contribution in [-0.4, -0.2) is 36.9 Å². The zero-order valence-corrected chi connectivity index (χ0v) is 30.2. The second-order valence-electron chi connectivity index (χ2n) is 11.4. The van der Waals surface area contributed by atoms with Gasteiger partial charge in [-0.1, -0.05) is 60.7 Å². The second-order valence-corrected chi connectivity index (χ2v) is 13.5. The molecule has 12 heteroatoms. The summed E-state index contributed by atoms with van der Waals surface area (Å²) in [5.74, 6) is -0.685. The summed E-state index contributed by atoms with van der Waals surface area (Å²) in [4.78, 5) is 46.0. The van der Waals surface area contributed by atoms with Gasteiger partial charge in [0.15, 0.2) is 16.6 Å². The molecule has 3 N–H and O–H groups in total. The minimum absolute atomic E-state index is 0.00544. The minimum Gasteiger partial charge on any atom is -0.493 e. The van der Waals surface area contributed by atoms with Crippen molar-refractivity contribution < 1.29 is 28.2 Å². The molecule has 266 valence electrons. The second kappa shape index (κ2) is 17.3. The van der Waals surface area contributed by atoms with Gasteiger partial charge in [-0.25, -0.2) is 9.37 Å². The van der Waals surface area contributed by atoms with E-state index in [1.54, 1.807) is 90.3 Å². The van der Waals surface area contributed by atoms with E-state index in [0.29, 0.717) is 44.0 Å². The number of amides is 3. The Labute approximate surface area is 313 Å². The highest BCUT2D eigenvalue weighted by atomic mass is 32.2. The Balaban J connectivity index is 1.22. The number of thioether (sulfide) groups is 1. The van der Waals surface area contributed by atoms with Crippen LogP contribution < -0.4 is 25.4 Å². The molecule has 0 aliphatic carbocycles. The van der Waals surface area contributed by atoms with E-state index in [-0.39, 0.29) is 17.4 Å². The summed E-state index contributed by atoms with van der Waals surface area (Å²) < 4.78 is 24.2. The van der Waals surface area contributed by atoms with E-state index in [1.807, 2.05) is 36.4 Å². The molecule has 9 nitrogen and oxygen atoms in total. The molecule has 1 heterocycles. The number of benzene rings is 5. The molecule has 0 fully saturated rings. The number of carbonyl (C=O) groups is 3. The molecule has 0 aliphatic rings. The fourth-order valence-corrected chi connectivity index (χ4v) is 7.00. The normalized spacial score (nSPS) is 11.6. The Morgan fingerprint density at radius 3 is 2.23 bits per heavy atom. The summed E-state index contributed by atoms with van der Waals surface area (Å²) >= 11 is 2.58.